The zero-order valence-electron chi connectivity index (χ0n) is 18.3. The maximum Gasteiger partial charge on any atom is 0.325 e. The lowest BCUT2D eigenvalue weighted by molar-refractivity contribution is -0.134. The van der Waals surface area contributed by atoms with Gasteiger partial charge in [-0.15, -0.1) is 0 Å². The van der Waals surface area contributed by atoms with Crippen LogP contribution in [-0.2, 0) is 28.6 Å². The summed E-state index contributed by atoms with van der Waals surface area (Å²) in [5.74, 6) is -1.06. The molecule has 0 unspecified atom stereocenters. The van der Waals surface area contributed by atoms with Gasteiger partial charge in [-0.05, 0) is 43.0 Å². The van der Waals surface area contributed by atoms with E-state index in [1.54, 1.807) is 30.8 Å². The van der Waals surface area contributed by atoms with Crippen molar-refractivity contribution in [2.24, 2.45) is 7.05 Å². The predicted molar refractivity (Wildman–Crippen MR) is 121 cm³/mol. The van der Waals surface area contributed by atoms with Crippen molar-refractivity contribution in [2.45, 2.75) is 25.3 Å². The van der Waals surface area contributed by atoms with Crippen molar-refractivity contribution in [3.05, 3.63) is 81.8 Å². The van der Waals surface area contributed by atoms with E-state index < -0.39 is 35.5 Å². The van der Waals surface area contributed by atoms with Crippen molar-refractivity contribution < 1.29 is 14.4 Å². The Bertz CT molecular complexity index is 1360. The molecule has 1 spiro atoms. The Balaban J connectivity index is 1.38. The van der Waals surface area contributed by atoms with Gasteiger partial charge in [-0.3, -0.25) is 24.0 Å². The summed E-state index contributed by atoms with van der Waals surface area (Å²) in [7, 11) is 1.72. The number of carbonyl (C=O) groups is 3. The van der Waals surface area contributed by atoms with Crippen molar-refractivity contribution >= 4 is 23.5 Å². The first kappa shape index (κ1) is 20.7. The summed E-state index contributed by atoms with van der Waals surface area (Å²) in [5, 5.41) is 5.41. The molecular formula is C24H23N5O4. The van der Waals surface area contributed by atoms with Gasteiger partial charge < -0.3 is 10.6 Å². The Morgan fingerprint density at radius 2 is 1.76 bits per heavy atom. The first-order valence-electron chi connectivity index (χ1n) is 10.7. The maximum absolute atomic E-state index is 13.3. The lowest BCUT2D eigenvalue weighted by Crippen LogP contribution is -2.43. The van der Waals surface area contributed by atoms with E-state index in [0.717, 1.165) is 16.0 Å². The van der Waals surface area contributed by atoms with Crippen molar-refractivity contribution in [1.82, 2.24) is 19.6 Å². The Hall–Kier alpha value is -4.14. The average Bonchev–Trinajstić information content (AvgIpc) is 3.37. The highest BCUT2D eigenvalue weighted by atomic mass is 16.2. The zero-order valence-corrected chi connectivity index (χ0v) is 18.3. The highest BCUT2D eigenvalue weighted by Crippen LogP contribution is 2.41. The normalized spacial score (nSPS) is 19.2. The Morgan fingerprint density at radius 3 is 2.52 bits per heavy atom. The second-order valence-electron chi connectivity index (χ2n) is 8.37. The number of urea groups is 1. The Morgan fingerprint density at radius 1 is 1.06 bits per heavy atom. The van der Waals surface area contributed by atoms with Gasteiger partial charge in [0.25, 0.3) is 11.5 Å². The van der Waals surface area contributed by atoms with Gasteiger partial charge in [0.2, 0.25) is 5.91 Å². The summed E-state index contributed by atoms with van der Waals surface area (Å²) in [6.45, 7) is 1.24. The monoisotopic (exact) mass is 445 g/mol. The number of aromatic nitrogens is 2. The zero-order chi connectivity index (χ0) is 23.3. The number of imide groups is 1. The third kappa shape index (κ3) is 3.07. The van der Waals surface area contributed by atoms with Crippen LogP contribution in [0.5, 0.6) is 0 Å². The quantitative estimate of drug-likeness (QED) is 0.598. The van der Waals surface area contributed by atoms with Crippen LogP contribution in [0, 0.1) is 6.92 Å². The third-order valence-corrected chi connectivity index (χ3v) is 6.54. The Kier molecular flexibility index (Phi) is 4.70. The molecule has 0 saturated carbocycles. The number of nitrogens with zero attached hydrogens (tertiary/aromatic N) is 3. The molecule has 1 aliphatic carbocycles. The molecule has 168 valence electrons. The van der Waals surface area contributed by atoms with Gasteiger partial charge in [0, 0.05) is 7.05 Å². The molecule has 1 aliphatic heterocycles. The van der Waals surface area contributed by atoms with Crippen LogP contribution in [0.1, 0.15) is 23.2 Å². The lowest BCUT2D eigenvalue weighted by Gasteiger charge is -2.22. The van der Waals surface area contributed by atoms with Crippen LogP contribution in [0.3, 0.4) is 0 Å². The minimum Gasteiger partial charge on any atom is -0.319 e. The number of nitrogens with one attached hydrogen (secondary N) is 2. The molecule has 33 heavy (non-hydrogen) atoms. The van der Waals surface area contributed by atoms with Crippen LogP contribution in [0.4, 0.5) is 10.5 Å². The van der Waals surface area contributed by atoms with E-state index in [4.69, 9.17) is 0 Å². The van der Waals surface area contributed by atoms with Gasteiger partial charge in [-0.25, -0.2) is 9.48 Å². The van der Waals surface area contributed by atoms with E-state index in [1.807, 2.05) is 42.5 Å². The van der Waals surface area contributed by atoms with Crippen molar-refractivity contribution in [3.63, 3.8) is 0 Å². The first-order chi connectivity index (χ1) is 15.8. The minimum absolute atomic E-state index is 0.110. The number of rotatable bonds is 4. The van der Waals surface area contributed by atoms with Crippen LogP contribution in [0.25, 0.3) is 5.69 Å². The maximum atomic E-state index is 13.3. The molecule has 2 N–H and O–H groups in total. The van der Waals surface area contributed by atoms with Crippen LogP contribution in [-0.4, -0.2) is 38.7 Å². The molecule has 4 amide bonds. The molecule has 1 aromatic heterocycles. The Labute approximate surface area is 189 Å². The number of amides is 4. The second-order valence-corrected chi connectivity index (χ2v) is 8.37. The van der Waals surface area contributed by atoms with Crippen molar-refractivity contribution in [1.29, 1.82) is 0 Å². The summed E-state index contributed by atoms with van der Waals surface area (Å²) in [4.78, 5) is 52.7. The number of hydrogen-bond donors (Lipinski definition) is 2. The van der Waals surface area contributed by atoms with E-state index in [9.17, 15) is 19.2 Å². The van der Waals surface area contributed by atoms with E-state index in [-0.39, 0.29) is 5.69 Å². The van der Waals surface area contributed by atoms with Crippen LogP contribution in [0.15, 0.2) is 59.4 Å². The largest absolute Gasteiger partial charge is 0.325 e. The number of para-hydroxylation sites is 1. The predicted octanol–water partition coefficient (Wildman–Crippen LogP) is 1.82. The molecule has 9 heteroatoms. The van der Waals surface area contributed by atoms with Gasteiger partial charge >= 0.3 is 6.03 Å². The molecule has 1 fully saturated rings. The lowest BCUT2D eigenvalue weighted by atomic mass is 9.92. The molecule has 2 aliphatic rings. The summed E-state index contributed by atoms with van der Waals surface area (Å²) >= 11 is 0. The van der Waals surface area contributed by atoms with E-state index >= 15 is 0 Å². The van der Waals surface area contributed by atoms with Crippen LogP contribution in [0.2, 0.25) is 0 Å². The molecule has 1 saturated heterocycles. The first-order valence-corrected chi connectivity index (χ1v) is 10.7. The van der Waals surface area contributed by atoms with Gasteiger partial charge in [-0.1, -0.05) is 42.5 Å². The van der Waals surface area contributed by atoms with Gasteiger partial charge in [-0.2, -0.15) is 0 Å². The SMILES string of the molecule is Cc1c(NC(=O)CN2C(=O)N[C@@]3(CCc4ccccc43)C2=O)c(=O)n(-c2ccccc2)n1C. The summed E-state index contributed by atoms with van der Waals surface area (Å²) in [6.07, 6.45) is 1.12. The molecule has 2 aromatic carbocycles. The number of anilines is 1. The summed E-state index contributed by atoms with van der Waals surface area (Å²) < 4.78 is 3.09. The number of hydrogen-bond acceptors (Lipinski definition) is 4. The topological polar surface area (TPSA) is 105 Å². The summed E-state index contributed by atoms with van der Waals surface area (Å²) in [6, 6.07) is 16.0. The fourth-order valence-corrected chi connectivity index (χ4v) is 4.77. The highest BCUT2D eigenvalue weighted by Gasteiger charge is 2.55. The molecule has 9 nitrogen and oxygen atoms in total. The molecule has 5 rings (SSSR count). The van der Waals surface area contributed by atoms with Gasteiger partial charge in [0.1, 0.15) is 17.8 Å². The van der Waals surface area contributed by atoms with Crippen LogP contribution >= 0.6 is 0 Å². The molecule has 3 aromatic rings. The van der Waals surface area contributed by atoms with Crippen molar-refractivity contribution in [2.75, 3.05) is 11.9 Å². The van der Waals surface area contributed by atoms with Gasteiger partial charge in [0.15, 0.2) is 0 Å². The standard InChI is InChI=1S/C24H23N5O4/c1-15-20(21(31)29(27(15)2)17-9-4-3-5-10-17)25-19(30)14-28-22(32)24(26-23(28)33)13-12-16-8-6-7-11-18(16)24/h3-11H,12-14H2,1-2H3,(H,25,30)(H,26,33)/t24-/m1/s1. The number of carbonyl (C=O) groups excluding carboxylic acids is 3. The fraction of sp³-hybridized carbons (Fsp3) is 0.250. The number of aryl methyl sites for hydroxylation is 1. The minimum atomic E-state index is -1.13. The summed E-state index contributed by atoms with van der Waals surface area (Å²) in [5.41, 5.74) is 1.58. The van der Waals surface area contributed by atoms with Gasteiger partial charge in [0.05, 0.1) is 11.4 Å². The van der Waals surface area contributed by atoms with E-state index in [2.05, 4.69) is 10.6 Å². The van der Waals surface area contributed by atoms with E-state index in [0.29, 0.717) is 24.2 Å². The highest BCUT2D eigenvalue weighted by molar-refractivity contribution is 6.11. The van der Waals surface area contributed by atoms with E-state index in [1.165, 1.54) is 4.68 Å². The molecule has 0 bridgehead atoms. The smallest absolute Gasteiger partial charge is 0.319 e. The fourth-order valence-electron chi connectivity index (χ4n) is 4.77. The average molecular weight is 445 g/mol. The molecule has 1 atom stereocenters. The number of fused-ring (bicyclic) bond motifs is 2. The molecular weight excluding hydrogens is 422 g/mol. The second kappa shape index (κ2) is 7.47. The molecule has 0 radical (unpaired) electrons. The number of benzene rings is 2. The van der Waals surface area contributed by atoms with Crippen molar-refractivity contribution in [3.8, 4) is 5.69 Å². The van der Waals surface area contributed by atoms with Crippen LogP contribution < -0.4 is 16.2 Å². The molecule has 2 heterocycles. The third-order valence-electron chi connectivity index (χ3n) is 6.54.